The number of nitrogens with one attached hydrogen (secondary N) is 1. The number of benzene rings is 1. The molecule has 1 aromatic carbocycles. The summed E-state index contributed by atoms with van der Waals surface area (Å²) in [5.74, 6) is -2.91. The Balaban J connectivity index is 1.65. The lowest BCUT2D eigenvalue weighted by atomic mass is 10.1. The van der Waals surface area contributed by atoms with Gasteiger partial charge in [0.1, 0.15) is 5.69 Å². The summed E-state index contributed by atoms with van der Waals surface area (Å²) in [6.45, 7) is 6.68. The molecule has 1 atom stereocenters. The molecule has 1 unspecified atom stereocenters. The molecule has 1 N–H and O–H groups in total. The lowest BCUT2D eigenvalue weighted by Gasteiger charge is -2.31. The fourth-order valence-electron chi connectivity index (χ4n) is 4.42. The molecule has 0 bridgehead atoms. The number of carbonyl (C=O) groups is 1. The van der Waals surface area contributed by atoms with Crippen LogP contribution in [0.2, 0.25) is 5.02 Å². The average Bonchev–Trinajstić information content (AvgIpc) is 3.29. The van der Waals surface area contributed by atoms with E-state index in [2.05, 4.69) is 32.1 Å². The lowest BCUT2D eigenvalue weighted by Crippen LogP contribution is -2.38. The van der Waals surface area contributed by atoms with E-state index in [9.17, 15) is 13.6 Å². The van der Waals surface area contributed by atoms with Gasteiger partial charge in [-0.2, -0.15) is 8.78 Å². The molecule has 7 nitrogen and oxygen atoms in total. The number of hydrogen-bond donors (Lipinski definition) is 1. The van der Waals surface area contributed by atoms with Gasteiger partial charge in [0.05, 0.1) is 22.1 Å². The van der Waals surface area contributed by atoms with Crippen molar-refractivity contribution >= 4 is 28.4 Å². The number of amides is 1. The number of fused-ring (bicyclic) bond motifs is 1. The number of halogens is 3. The minimum Gasteiger partial charge on any atom is -0.350 e. The summed E-state index contributed by atoms with van der Waals surface area (Å²) >= 11 is 6.52. The minimum atomic E-state index is -3.02. The summed E-state index contributed by atoms with van der Waals surface area (Å²) in [7, 11) is 0. The molecule has 0 spiro atoms. The number of alkyl halides is 2. The van der Waals surface area contributed by atoms with Crippen molar-refractivity contribution < 1.29 is 13.6 Å². The third-order valence-electron chi connectivity index (χ3n) is 6.23. The van der Waals surface area contributed by atoms with Crippen molar-refractivity contribution in [1.29, 1.82) is 0 Å². The van der Waals surface area contributed by atoms with E-state index in [1.54, 1.807) is 41.4 Å². The Bertz CT molecular complexity index is 1360. The first-order chi connectivity index (χ1) is 17.7. The SMILES string of the molecule is CCCN(CC)C(CNC(=O)c1cn(-c2ncccn2)c2cccc(Cl)c12)c1ccc(C(C)(F)F)nc1. The highest BCUT2D eigenvalue weighted by Crippen LogP contribution is 2.31. The molecule has 0 saturated heterocycles. The highest BCUT2D eigenvalue weighted by Gasteiger charge is 2.27. The minimum absolute atomic E-state index is 0.248. The van der Waals surface area contributed by atoms with Crippen LogP contribution in [0.4, 0.5) is 8.78 Å². The topological polar surface area (TPSA) is 75.9 Å². The molecule has 0 saturated carbocycles. The highest BCUT2D eigenvalue weighted by atomic mass is 35.5. The Morgan fingerprint density at radius 3 is 2.51 bits per heavy atom. The standard InChI is InChI=1S/C27H29ClF2N6O/c1-4-14-35(5-2)22(18-10-11-23(33-15-18)27(3,29)30)16-34-25(37)19-17-36(26-31-12-7-13-32-26)21-9-6-8-20(28)24(19)21/h6-13,15,17,22H,4-5,14,16H2,1-3H3,(H,34,37). The van der Waals surface area contributed by atoms with Crippen molar-refractivity contribution in [2.24, 2.45) is 0 Å². The molecule has 3 heterocycles. The summed E-state index contributed by atoms with van der Waals surface area (Å²) in [6, 6.07) is 9.87. The number of hydrogen-bond acceptors (Lipinski definition) is 5. The van der Waals surface area contributed by atoms with Gasteiger partial charge in [-0.3, -0.25) is 19.2 Å². The van der Waals surface area contributed by atoms with Crippen LogP contribution in [0.5, 0.6) is 0 Å². The second-order valence-electron chi connectivity index (χ2n) is 8.82. The first kappa shape index (κ1) is 26.6. The quantitative estimate of drug-likeness (QED) is 0.283. The van der Waals surface area contributed by atoms with E-state index in [1.807, 2.05) is 19.1 Å². The fraction of sp³-hybridized carbons (Fsp3) is 0.333. The number of rotatable bonds is 10. The van der Waals surface area contributed by atoms with Crippen LogP contribution in [0.25, 0.3) is 16.9 Å². The molecule has 0 radical (unpaired) electrons. The van der Waals surface area contributed by atoms with Crippen LogP contribution in [0.15, 0.2) is 61.2 Å². The monoisotopic (exact) mass is 526 g/mol. The molecule has 37 heavy (non-hydrogen) atoms. The van der Waals surface area contributed by atoms with Crippen molar-refractivity contribution in [2.75, 3.05) is 19.6 Å². The number of nitrogens with zero attached hydrogens (tertiary/aromatic N) is 5. The lowest BCUT2D eigenvalue weighted by molar-refractivity contribution is 0.0127. The third kappa shape index (κ3) is 5.78. The van der Waals surface area contributed by atoms with Gasteiger partial charge in [0.25, 0.3) is 11.8 Å². The molecule has 0 aliphatic rings. The maximum absolute atomic E-state index is 13.7. The molecule has 194 valence electrons. The Morgan fingerprint density at radius 2 is 1.89 bits per heavy atom. The van der Waals surface area contributed by atoms with Gasteiger partial charge in [-0.25, -0.2) is 9.97 Å². The van der Waals surface area contributed by atoms with Crippen LogP contribution in [-0.2, 0) is 5.92 Å². The zero-order chi connectivity index (χ0) is 26.6. The van der Waals surface area contributed by atoms with Gasteiger partial charge >= 0.3 is 0 Å². The van der Waals surface area contributed by atoms with Crippen LogP contribution in [0, 0.1) is 0 Å². The second kappa shape index (κ2) is 11.3. The molecule has 10 heteroatoms. The van der Waals surface area contributed by atoms with Gasteiger partial charge in [-0.15, -0.1) is 0 Å². The molecule has 0 fully saturated rings. The van der Waals surface area contributed by atoms with Gasteiger partial charge in [0.2, 0.25) is 5.95 Å². The number of carbonyl (C=O) groups excluding carboxylic acids is 1. The summed E-state index contributed by atoms with van der Waals surface area (Å²) in [5.41, 5.74) is 1.57. The molecule has 3 aromatic heterocycles. The first-order valence-corrected chi connectivity index (χ1v) is 12.6. The van der Waals surface area contributed by atoms with Crippen molar-refractivity contribution in [2.45, 2.75) is 39.2 Å². The largest absolute Gasteiger partial charge is 0.350 e. The fourth-order valence-corrected chi connectivity index (χ4v) is 4.69. The summed E-state index contributed by atoms with van der Waals surface area (Å²) < 4.78 is 29.1. The van der Waals surface area contributed by atoms with E-state index in [0.29, 0.717) is 27.4 Å². The predicted octanol–water partition coefficient (Wildman–Crippen LogP) is 5.78. The summed E-state index contributed by atoms with van der Waals surface area (Å²) in [5, 5.41) is 4.07. The van der Waals surface area contributed by atoms with Crippen molar-refractivity contribution in [3.63, 3.8) is 0 Å². The van der Waals surface area contributed by atoms with Crippen molar-refractivity contribution in [3.8, 4) is 5.95 Å². The smallest absolute Gasteiger partial charge is 0.286 e. The average molecular weight is 527 g/mol. The summed E-state index contributed by atoms with van der Waals surface area (Å²) in [6.07, 6.45) is 7.31. The Hall–Kier alpha value is -3.43. The maximum Gasteiger partial charge on any atom is 0.286 e. The van der Waals surface area contributed by atoms with Crippen LogP contribution < -0.4 is 5.32 Å². The molecular formula is C27H29ClF2N6O. The van der Waals surface area contributed by atoms with Gasteiger partial charge < -0.3 is 5.32 Å². The Morgan fingerprint density at radius 1 is 1.14 bits per heavy atom. The number of pyridine rings is 1. The molecule has 4 aromatic rings. The Labute approximate surface area is 219 Å². The van der Waals surface area contributed by atoms with E-state index >= 15 is 0 Å². The van der Waals surface area contributed by atoms with Crippen LogP contribution in [0.3, 0.4) is 0 Å². The molecular weight excluding hydrogens is 498 g/mol. The molecule has 4 rings (SSSR count). The molecule has 0 aliphatic carbocycles. The van der Waals surface area contributed by atoms with Crippen LogP contribution in [0.1, 0.15) is 54.8 Å². The second-order valence-corrected chi connectivity index (χ2v) is 9.22. The molecule has 1 amide bonds. The van der Waals surface area contributed by atoms with E-state index in [0.717, 1.165) is 32.0 Å². The third-order valence-corrected chi connectivity index (χ3v) is 6.54. The van der Waals surface area contributed by atoms with Gasteiger partial charge in [-0.1, -0.05) is 37.6 Å². The van der Waals surface area contributed by atoms with E-state index in [1.165, 1.54) is 12.3 Å². The van der Waals surface area contributed by atoms with E-state index < -0.39 is 5.92 Å². The van der Waals surface area contributed by atoms with Gasteiger partial charge in [-0.05, 0) is 49.3 Å². The predicted molar refractivity (Wildman–Crippen MR) is 140 cm³/mol. The first-order valence-electron chi connectivity index (χ1n) is 12.2. The van der Waals surface area contributed by atoms with Gasteiger partial charge in [0.15, 0.2) is 0 Å². The van der Waals surface area contributed by atoms with Crippen LogP contribution >= 0.6 is 11.6 Å². The van der Waals surface area contributed by atoms with Crippen LogP contribution in [-0.4, -0.2) is 50.0 Å². The van der Waals surface area contributed by atoms with Crippen molar-refractivity contribution in [1.82, 2.24) is 29.7 Å². The normalized spacial score (nSPS) is 12.7. The summed E-state index contributed by atoms with van der Waals surface area (Å²) in [4.78, 5) is 28.3. The number of aromatic nitrogens is 4. The zero-order valence-corrected chi connectivity index (χ0v) is 21.7. The Kier molecular flexibility index (Phi) is 8.14. The van der Waals surface area contributed by atoms with Crippen molar-refractivity contribution in [3.05, 3.63) is 83.0 Å². The number of likely N-dealkylation sites (N-methyl/N-ethyl adjacent to an activating group) is 1. The maximum atomic E-state index is 13.7. The van der Waals surface area contributed by atoms with Gasteiger partial charge in [0, 0.05) is 43.6 Å². The zero-order valence-electron chi connectivity index (χ0n) is 21.0. The van der Waals surface area contributed by atoms with E-state index in [-0.39, 0.29) is 24.2 Å². The van der Waals surface area contributed by atoms with E-state index in [4.69, 9.17) is 11.6 Å². The highest BCUT2D eigenvalue weighted by molar-refractivity contribution is 6.37. The molecule has 0 aliphatic heterocycles.